The van der Waals surface area contributed by atoms with E-state index in [9.17, 15) is 0 Å². The highest BCUT2D eigenvalue weighted by Crippen LogP contribution is 2.20. The number of oxazole rings is 1. The van der Waals surface area contributed by atoms with Crippen molar-refractivity contribution in [3.8, 4) is 0 Å². The van der Waals surface area contributed by atoms with E-state index in [-0.39, 0.29) is 0 Å². The molecule has 1 atom stereocenters. The van der Waals surface area contributed by atoms with E-state index in [1.807, 2.05) is 26.1 Å². The van der Waals surface area contributed by atoms with Crippen LogP contribution in [0.25, 0.3) is 0 Å². The van der Waals surface area contributed by atoms with Gasteiger partial charge in [-0.05, 0) is 51.3 Å². The molecule has 3 rings (SSSR count). The van der Waals surface area contributed by atoms with E-state index in [0.29, 0.717) is 5.92 Å². The van der Waals surface area contributed by atoms with Crippen LogP contribution in [0.3, 0.4) is 0 Å². The minimum absolute atomic E-state index is 0.653. The third-order valence-corrected chi connectivity index (χ3v) is 4.28. The molecule has 5 nitrogen and oxygen atoms in total. The van der Waals surface area contributed by atoms with Crippen LogP contribution >= 0.6 is 0 Å². The highest BCUT2D eigenvalue weighted by molar-refractivity contribution is 5.35. The monoisotopic (exact) mass is 300 g/mol. The Morgan fingerprint density at radius 2 is 2.18 bits per heavy atom. The zero-order valence-electron chi connectivity index (χ0n) is 13.6. The van der Waals surface area contributed by atoms with Crippen LogP contribution in [0.1, 0.15) is 29.3 Å². The van der Waals surface area contributed by atoms with E-state index >= 15 is 0 Å². The number of aryl methyl sites for hydroxylation is 3. The fourth-order valence-electron chi connectivity index (χ4n) is 2.84. The quantitative estimate of drug-likeness (QED) is 0.920. The smallest absolute Gasteiger partial charge is 0.208 e. The lowest BCUT2D eigenvalue weighted by Crippen LogP contribution is -2.23. The van der Waals surface area contributed by atoms with Crippen molar-refractivity contribution in [2.24, 2.45) is 5.92 Å². The van der Waals surface area contributed by atoms with Crippen molar-refractivity contribution in [2.45, 2.75) is 33.7 Å². The van der Waals surface area contributed by atoms with E-state index in [4.69, 9.17) is 4.42 Å². The summed E-state index contributed by atoms with van der Waals surface area (Å²) in [5.74, 6) is 3.38. The lowest BCUT2D eigenvalue weighted by molar-refractivity contribution is 0.279. The summed E-state index contributed by atoms with van der Waals surface area (Å²) in [6.45, 7) is 9.99. The van der Waals surface area contributed by atoms with Gasteiger partial charge >= 0.3 is 0 Å². The number of aromatic nitrogens is 2. The Morgan fingerprint density at radius 3 is 2.86 bits per heavy atom. The molecule has 1 N–H and O–H groups in total. The molecule has 0 radical (unpaired) electrons. The normalized spacial score (nSPS) is 18.8. The molecule has 0 bridgehead atoms. The van der Waals surface area contributed by atoms with Crippen molar-refractivity contribution in [3.63, 3.8) is 0 Å². The molecule has 5 heteroatoms. The molecule has 118 valence electrons. The molecular weight excluding hydrogens is 276 g/mol. The molecule has 0 saturated carbocycles. The molecule has 22 heavy (non-hydrogen) atoms. The van der Waals surface area contributed by atoms with Crippen molar-refractivity contribution in [1.29, 1.82) is 0 Å². The second kappa shape index (κ2) is 6.48. The zero-order valence-corrected chi connectivity index (χ0v) is 13.6. The maximum absolute atomic E-state index is 5.67. The average Bonchev–Trinajstić information content (AvgIpc) is 3.06. The Kier molecular flexibility index (Phi) is 4.43. The molecule has 3 heterocycles. The third kappa shape index (κ3) is 3.65. The summed E-state index contributed by atoms with van der Waals surface area (Å²) in [4.78, 5) is 11.3. The number of hydrogen-bond donors (Lipinski definition) is 1. The van der Waals surface area contributed by atoms with Crippen molar-refractivity contribution in [1.82, 2.24) is 14.9 Å². The van der Waals surface area contributed by atoms with Crippen molar-refractivity contribution in [3.05, 3.63) is 41.2 Å². The van der Waals surface area contributed by atoms with Gasteiger partial charge in [-0.15, -0.1) is 0 Å². The van der Waals surface area contributed by atoms with E-state index in [1.54, 1.807) is 0 Å². The summed E-state index contributed by atoms with van der Waals surface area (Å²) in [6, 6.07) is 4.13. The third-order valence-electron chi connectivity index (χ3n) is 4.28. The topological polar surface area (TPSA) is 54.2 Å². The Hall–Kier alpha value is -1.88. The van der Waals surface area contributed by atoms with E-state index in [0.717, 1.165) is 49.3 Å². The Morgan fingerprint density at radius 1 is 1.32 bits per heavy atom. The molecule has 1 fully saturated rings. The van der Waals surface area contributed by atoms with Crippen LogP contribution < -0.4 is 5.32 Å². The molecule has 0 amide bonds. The Labute approximate surface area is 131 Å². The van der Waals surface area contributed by atoms with Crippen LogP contribution in [0.5, 0.6) is 0 Å². The maximum Gasteiger partial charge on any atom is 0.208 e. The fourth-order valence-corrected chi connectivity index (χ4v) is 2.84. The van der Waals surface area contributed by atoms with Crippen LogP contribution in [0.2, 0.25) is 0 Å². The average molecular weight is 300 g/mol. The van der Waals surface area contributed by atoms with Crippen molar-refractivity contribution < 1.29 is 4.42 Å². The van der Waals surface area contributed by atoms with Gasteiger partial charge in [0.1, 0.15) is 11.6 Å². The van der Waals surface area contributed by atoms with Gasteiger partial charge in [-0.25, -0.2) is 9.97 Å². The number of likely N-dealkylation sites (tertiary alicyclic amines) is 1. The SMILES string of the molecule is Cc1ccc(NC[C@@H]2CCN(Cc3nc(C)c(C)o3)C2)nc1. The molecule has 2 aromatic rings. The molecule has 0 aromatic carbocycles. The fraction of sp³-hybridized carbons (Fsp3) is 0.529. The first-order valence-electron chi connectivity index (χ1n) is 7.92. The van der Waals surface area contributed by atoms with Crippen molar-refractivity contribution >= 4 is 5.82 Å². The molecular formula is C17H24N4O. The van der Waals surface area contributed by atoms with E-state index < -0.39 is 0 Å². The van der Waals surface area contributed by atoms with Gasteiger partial charge in [-0.1, -0.05) is 6.07 Å². The molecule has 0 aliphatic carbocycles. The number of anilines is 1. The summed E-state index contributed by atoms with van der Waals surface area (Å²) in [5, 5.41) is 3.43. The number of pyridine rings is 1. The minimum atomic E-state index is 0.653. The van der Waals surface area contributed by atoms with Gasteiger partial charge < -0.3 is 9.73 Å². The molecule has 0 unspecified atom stereocenters. The highest BCUT2D eigenvalue weighted by atomic mass is 16.4. The zero-order chi connectivity index (χ0) is 15.5. The molecule has 1 aliphatic rings. The first-order chi connectivity index (χ1) is 10.6. The van der Waals surface area contributed by atoms with Gasteiger partial charge in [0.25, 0.3) is 0 Å². The number of nitrogens with zero attached hydrogens (tertiary/aromatic N) is 3. The molecule has 1 saturated heterocycles. The largest absolute Gasteiger partial charge is 0.444 e. The standard InChI is InChI=1S/C17H24N4O/c1-12-4-5-16(18-8-12)19-9-15-6-7-21(10-15)11-17-20-13(2)14(3)22-17/h4-5,8,15H,6-7,9-11H2,1-3H3,(H,18,19)/t15-/m0/s1. The van der Waals surface area contributed by atoms with E-state index in [2.05, 4.69) is 33.2 Å². The van der Waals surface area contributed by atoms with Crippen LogP contribution in [0, 0.1) is 26.7 Å². The first-order valence-corrected chi connectivity index (χ1v) is 7.92. The number of nitrogens with one attached hydrogen (secondary N) is 1. The molecule has 0 spiro atoms. The minimum Gasteiger partial charge on any atom is -0.444 e. The lowest BCUT2D eigenvalue weighted by Gasteiger charge is -2.14. The summed E-state index contributed by atoms with van der Waals surface area (Å²) >= 11 is 0. The second-order valence-electron chi connectivity index (χ2n) is 6.24. The number of rotatable bonds is 5. The number of hydrogen-bond acceptors (Lipinski definition) is 5. The lowest BCUT2D eigenvalue weighted by atomic mass is 10.1. The van der Waals surface area contributed by atoms with Crippen molar-refractivity contribution in [2.75, 3.05) is 25.0 Å². The summed E-state index contributed by atoms with van der Waals surface area (Å²) in [5.41, 5.74) is 2.19. The van der Waals surface area contributed by atoms with Gasteiger partial charge in [0, 0.05) is 19.3 Å². The second-order valence-corrected chi connectivity index (χ2v) is 6.24. The molecule has 1 aliphatic heterocycles. The molecule has 2 aromatic heterocycles. The Bertz CT molecular complexity index is 601. The van der Waals surface area contributed by atoms with Crippen LogP contribution in [-0.2, 0) is 6.54 Å². The van der Waals surface area contributed by atoms with Crippen LogP contribution in [0.4, 0.5) is 5.82 Å². The Balaban J connectivity index is 1.46. The van der Waals surface area contributed by atoms with E-state index in [1.165, 1.54) is 12.0 Å². The van der Waals surface area contributed by atoms with Gasteiger partial charge in [0.15, 0.2) is 0 Å². The van der Waals surface area contributed by atoms with Crippen LogP contribution in [0.15, 0.2) is 22.7 Å². The first kappa shape index (κ1) is 15.0. The maximum atomic E-state index is 5.67. The van der Waals surface area contributed by atoms with Crippen LogP contribution in [-0.4, -0.2) is 34.5 Å². The van der Waals surface area contributed by atoms with Gasteiger partial charge in [-0.3, -0.25) is 4.90 Å². The van der Waals surface area contributed by atoms with Gasteiger partial charge in [-0.2, -0.15) is 0 Å². The summed E-state index contributed by atoms with van der Waals surface area (Å²) < 4.78 is 5.67. The predicted octanol–water partition coefficient (Wildman–Crippen LogP) is 2.93. The summed E-state index contributed by atoms with van der Waals surface area (Å²) in [6.07, 6.45) is 3.11. The highest BCUT2D eigenvalue weighted by Gasteiger charge is 2.23. The van der Waals surface area contributed by atoms with Gasteiger partial charge in [0.05, 0.1) is 12.2 Å². The summed E-state index contributed by atoms with van der Waals surface area (Å²) in [7, 11) is 0. The predicted molar refractivity (Wildman–Crippen MR) is 86.8 cm³/mol. The van der Waals surface area contributed by atoms with Gasteiger partial charge in [0.2, 0.25) is 5.89 Å².